The maximum atomic E-state index is 13.1. The number of benzene rings is 2. The molecule has 0 radical (unpaired) electrons. The Morgan fingerprint density at radius 1 is 1.07 bits per heavy atom. The molecule has 0 saturated carbocycles. The Hall–Kier alpha value is -3.28. The van der Waals surface area contributed by atoms with Gasteiger partial charge in [-0.15, -0.1) is 0 Å². The molecule has 154 valence electrons. The number of pyridine rings is 1. The van der Waals surface area contributed by atoms with Gasteiger partial charge in [0, 0.05) is 11.1 Å². The summed E-state index contributed by atoms with van der Waals surface area (Å²) < 4.78 is 18.7. The van der Waals surface area contributed by atoms with Gasteiger partial charge >= 0.3 is 5.97 Å². The van der Waals surface area contributed by atoms with Crippen molar-refractivity contribution in [3.05, 3.63) is 76.7 Å². The van der Waals surface area contributed by atoms with Gasteiger partial charge in [0.25, 0.3) is 5.91 Å². The van der Waals surface area contributed by atoms with E-state index < -0.39 is 18.0 Å². The number of ether oxygens (including phenoxy) is 1. The first-order chi connectivity index (χ1) is 14.4. The number of carbonyl (C=O) groups excluding carboxylic acids is 2. The quantitative estimate of drug-likeness (QED) is 0.642. The number of nitrogens with one attached hydrogen (secondary N) is 1. The lowest BCUT2D eigenvalue weighted by Crippen LogP contribution is -2.37. The van der Waals surface area contributed by atoms with E-state index in [0.717, 1.165) is 47.0 Å². The number of para-hydroxylation sites is 1. The number of amides is 1. The van der Waals surface area contributed by atoms with E-state index in [-0.39, 0.29) is 11.9 Å². The third-order valence-electron chi connectivity index (χ3n) is 5.51. The number of rotatable bonds is 5. The fraction of sp³-hybridized carbons (Fsp3) is 0.292. The van der Waals surface area contributed by atoms with Gasteiger partial charge in [0.05, 0.1) is 17.1 Å². The van der Waals surface area contributed by atoms with E-state index in [1.165, 1.54) is 12.1 Å². The third kappa shape index (κ3) is 3.90. The van der Waals surface area contributed by atoms with Crippen molar-refractivity contribution in [1.82, 2.24) is 10.3 Å². The van der Waals surface area contributed by atoms with E-state index in [0.29, 0.717) is 5.56 Å². The first kappa shape index (κ1) is 20.0. The van der Waals surface area contributed by atoms with Crippen molar-refractivity contribution in [1.29, 1.82) is 0 Å². The van der Waals surface area contributed by atoms with Crippen LogP contribution in [0.4, 0.5) is 4.39 Å². The molecule has 4 rings (SSSR count). The van der Waals surface area contributed by atoms with Crippen LogP contribution >= 0.6 is 0 Å². The Balaban J connectivity index is 1.51. The molecule has 30 heavy (non-hydrogen) atoms. The smallest absolute Gasteiger partial charge is 0.339 e. The number of nitrogens with zero attached hydrogens (tertiary/aromatic N) is 1. The largest absolute Gasteiger partial charge is 0.449 e. The summed E-state index contributed by atoms with van der Waals surface area (Å²) in [6, 6.07) is 13.1. The molecule has 6 heteroatoms. The minimum absolute atomic E-state index is 0.336. The van der Waals surface area contributed by atoms with Crippen molar-refractivity contribution in [2.45, 2.75) is 45.3 Å². The van der Waals surface area contributed by atoms with E-state index in [9.17, 15) is 14.0 Å². The topological polar surface area (TPSA) is 68.3 Å². The van der Waals surface area contributed by atoms with Crippen molar-refractivity contribution in [2.24, 2.45) is 0 Å². The molecular formula is C24H23FN2O3. The molecule has 2 aromatic carbocycles. The molecule has 1 heterocycles. The highest BCUT2D eigenvalue weighted by Gasteiger charge is 2.27. The van der Waals surface area contributed by atoms with Gasteiger partial charge in [-0.05, 0) is 62.4 Å². The molecule has 1 amide bonds. The SMILES string of the molecule is C[C@H](OC(=O)c1c2c(nc3ccccc13)CCC2)C(=O)N[C@@H](C)c1ccc(F)cc1. The predicted octanol–water partition coefficient (Wildman–Crippen LogP) is 4.29. The second-order valence-electron chi connectivity index (χ2n) is 7.61. The molecule has 0 aliphatic heterocycles. The molecule has 0 bridgehead atoms. The summed E-state index contributed by atoms with van der Waals surface area (Å²) in [6.45, 7) is 3.34. The summed E-state index contributed by atoms with van der Waals surface area (Å²) in [4.78, 5) is 30.3. The second-order valence-corrected chi connectivity index (χ2v) is 7.61. The Bertz CT molecular complexity index is 1110. The van der Waals surface area contributed by atoms with Gasteiger partial charge in [0.1, 0.15) is 5.82 Å². The summed E-state index contributed by atoms with van der Waals surface area (Å²) in [5, 5.41) is 3.56. The molecule has 0 fully saturated rings. The lowest BCUT2D eigenvalue weighted by molar-refractivity contribution is -0.129. The van der Waals surface area contributed by atoms with E-state index in [2.05, 4.69) is 10.3 Å². The van der Waals surface area contributed by atoms with E-state index >= 15 is 0 Å². The Kier molecular flexibility index (Phi) is 5.48. The normalized spacial score (nSPS) is 14.8. The summed E-state index contributed by atoms with van der Waals surface area (Å²) in [5.74, 6) is -1.25. The zero-order chi connectivity index (χ0) is 21.3. The van der Waals surface area contributed by atoms with Gasteiger partial charge in [-0.2, -0.15) is 0 Å². The second kappa shape index (κ2) is 8.22. The molecule has 1 aliphatic carbocycles. The molecule has 1 aliphatic rings. The molecule has 0 saturated heterocycles. The van der Waals surface area contributed by atoms with Crippen LogP contribution in [0, 0.1) is 5.82 Å². The van der Waals surface area contributed by atoms with Crippen molar-refractivity contribution in [3.8, 4) is 0 Å². The van der Waals surface area contributed by atoms with Crippen molar-refractivity contribution in [3.63, 3.8) is 0 Å². The number of carbonyl (C=O) groups is 2. The predicted molar refractivity (Wildman–Crippen MR) is 112 cm³/mol. The fourth-order valence-corrected chi connectivity index (χ4v) is 3.88. The van der Waals surface area contributed by atoms with Crippen LogP contribution in [0.2, 0.25) is 0 Å². The number of fused-ring (bicyclic) bond motifs is 2. The molecule has 0 unspecified atom stereocenters. The van der Waals surface area contributed by atoms with Crippen molar-refractivity contribution in [2.75, 3.05) is 0 Å². The first-order valence-electron chi connectivity index (χ1n) is 10.1. The van der Waals surface area contributed by atoms with Crippen LogP contribution in [0.1, 0.15) is 53.5 Å². The number of aromatic nitrogens is 1. The summed E-state index contributed by atoms with van der Waals surface area (Å²) >= 11 is 0. The lowest BCUT2D eigenvalue weighted by atomic mass is 10.0. The van der Waals surface area contributed by atoms with E-state index in [1.54, 1.807) is 26.0 Å². The highest BCUT2D eigenvalue weighted by molar-refractivity contribution is 6.06. The Labute approximate surface area is 174 Å². The zero-order valence-corrected chi connectivity index (χ0v) is 16.9. The maximum Gasteiger partial charge on any atom is 0.339 e. The molecule has 1 aromatic heterocycles. The van der Waals surface area contributed by atoms with E-state index in [1.807, 2.05) is 24.3 Å². The highest BCUT2D eigenvalue weighted by Crippen LogP contribution is 2.30. The van der Waals surface area contributed by atoms with Crippen LogP contribution in [0.5, 0.6) is 0 Å². The maximum absolute atomic E-state index is 13.1. The standard InChI is InChI=1S/C24H23FN2O3/c1-14(16-10-12-17(25)13-11-16)26-23(28)15(2)30-24(29)22-18-6-3-4-8-20(18)27-21-9-5-7-19(21)22/h3-4,6,8,10-15H,5,7,9H2,1-2H3,(H,26,28)/t14-,15-/m0/s1. The molecule has 5 nitrogen and oxygen atoms in total. The van der Waals surface area contributed by atoms with Crippen LogP contribution in [-0.2, 0) is 22.4 Å². The van der Waals surface area contributed by atoms with Crippen molar-refractivity contribution >= 4 is 22.8 Å². The van der Waals surface area contributed by atoms with Crippen LogP contribution < -0.4 is 5.32 Å². The van der Waals surface area contributed by atoms with Crippen LogP contribution in [0.25, 0.3) is 10.9 Å². The number of aryl methyl sites for hydroxylation is 1. The third-order valence-corrected chi connectivity index (χ3v) is 5.51. The highest BCUT2D eigenvalue weighted by atomic mass is 19.1. The first-order valence-corrected chi connectivity index (χ1v) is 10.1. The number of hydrogen-bond acceptors (Lipinski definition) is 4. The van der Waals surface area contributed by atoms with Crippen LogP contribution in [0.15, 0.2) is 48.5 Å². The zero-order valence-electron chi connectivity index (χ0n) is 16.9. The summed E-state index contributed by atoms with van der Waals surface area (Å²) in [5.41, 5.74) is 3.89. The Morgan fingerprint density at radius 2 is 1.80 bits per heavy atom. The monoisotopic (exact) mass is 406 g/mol. The molecule has 3 aromatic rings. The van der Waals surface area contributed by atoms with Crippen LogP contribution in [-0.4, -0.2) is 23.0 Å². The number of hydrogen-bond donors (Lipinski definition) is 1. The molecule has 0 spiro atoms. The summed E-state index contributed by atoms with van der Waals surface area (Å²) in [6.07, 6.45) is 1.60. The van der Waals surface area contributed by atoms with Crippen molar-refractivity contribution < 1.29 is 18.7 Å². The lowest BCUT2D eigenvalue weighted by Gasteiger charge is -2.19. The number of halogens is 1. The minimum atomic E-state index is -0.968. The molecule has 2 atom stereocenters. The fourth-order valence-electron chi connectivity index (χ4n) is 3.88. The van der Waals surface area contributed by atoms with Gasteiger partial charge < -0.3 is 10.1 Å². The minimum Gasteiger partial charge on any atom is -0.449 e. The van der Waals surface area contributed by atoms with Gasteiger partial charge in [0.2, 0.25) is 0 Å². The number of esters is 1. The van der Waals surface area contributed by atoms with E-state index in [4.69, 9.17) is 4.74 Å². The van der Waals surface area contributed by atoms with Gasteiger partial charge in [-0.3, -0.25) is 9.78 Å². The van der Waals surface area contributed by atoms with Crippen LogP contribution in [0.3, 0.4) is 0 Å². The Morgan fingerprint density at radius 3 is 2.57 bits per heavy atom. The average molecular weight is 406 g/mol. The van der Waals surface area contributed by atoms with Gasteiger partial charge in [-0.25, -0.2) is 9.18 Å². The van der Waals surface area contributed by atoms with Gasteiger partial charge in [0.15, 0.2) is 6.10 Å². The summed E-state index contributed by atoms with van der Waals surface area (Å²) in [7, 11) is 0. The molecule has 1 N–H and O–H groups in total. The molecular weight excluding hydrogens is 383 g/mol. The average Bonchev–Trinajstić information content (AvgIpc) is 3.20. The van der Waals surface area contributed by atoms with Gasteiger partial charge in [-0.1, -0.05) is 30.3 Å².